The van der Waals surface area contributed by atoms with Crippen molar-refractivity contribution >= 4 is 43.4 Å². The molecule has 3 aliphatic rings. The van der Waals surface area contributed by atoms with Crippen molar-refractivity contribution in [3.8, 4) is 18.4 Å². The largest absolute Gasteiger partial charge is 0.460 e. The van der Waals surface area contributed by atoms with E-state index in [9.17, 15) is 18.5 Å². The molecule has 3 aliphatic heterocycles. The number of terminal acetylenes is 1. The van der Waals surface area contributed by atoms with Crippen LogP contribution in [0.1, 0.15) is 31.7 Å². The number of sulfonamides is 1. The van der Waals surface area contributed by atoms with Crippen LogP contribution >= 0.6 is 11.3 Å². The number of carbonyl (C=O) groups excluding carboxylic acids is 1. The predicted octanol–water partition coefficient (Wildman–Crippen LogP) is 2.68. The number of piperazine rings is 1. The number of benzene rings is 1. The van der Waals surface area contributed by atoms with Crippen LogP contribution in [0.25, 0.3) is 10.1 Å². The maximum atomic E-state index is 13.6. The standard InChI is InChI=1S/C25H28N6O4S2/c1-4-18-7-8-19-15-23(36-22(19)14-18)37(33,34)29-12-13-30(20(16-29)6-5-10-26)25(32)31-11-9-21-24(27-31)35-17(2)28(21)3/h1,7-8,14-15,17,20-21H,5-6,9,11-13,16H2,2-3H3. The monoisotopic (exact) mass is 540 g/mol. The first-order valence-corrected chi connectivity index (χ1v) is 14.4. The first-order chi connectivity index (χ1) is 17.7. The highest BCUT2D eigenvalue weighted by Crippen LogP contribution is 2.33. The Morgan fingerprint density at radius 3 is 2.86 bits per heavy atom. The topological polar surface area (TPSA) is 110 Å². The Labute approximate surface area is 220 Å². The van der Waals surface area contributed by atoms with Crippen LogP contribution in [0.3, 0.4) is 0 Å². The molecule has 1 aromatic carbocycles. The van der Waals surface area contributed by atoms with Gasteiger partial charge in [-0.05, 0) is 50.4 Å². The van der Waals surface area contributed by atoms with E-state index in [2.05, 4.69) is 22.0 Å². The molecular formula is C25H28N6O4S2. The van der Waals surface area contributed by atoms with Crippen LogP contribution in [-0.4, -0.2) is 91.0 Å². The zero-order valence-electron chi connectivity index (χ0n) is 20.7. The molecule has 3 atom stereocenters. The minimum Gasteiger partial charge on any atom is -0.460 e. The Morgan fingerprint density at radius 1 is 1.30 bits per heavy atom. The number of hydrazone groups is 1. The van der Waals surface area contributed by atoms with Gasteiger partial charge in [-0.2, -0.15) is 9.57 Å². The van der Waals surface area contributed by atoms with E-state index in [1.807, 2.05) is 26.1 Å². The zero-order valence-corrected chi connectivity index (χ0v) is 22.3. The molecule has 37 heavy (non-hydrogen) atoms. The normalized spacial score (nSPS) is 24.8. The van der Waals surface area contributed by atoms with Gasteiger partial charge in [-0.3, -0.25) is 4.90 Å². The van der Waals surface area contributed by atoms with E-state index in [1.54, 1.807) is 17.0 Å². The highest BCUT2D eigenvalue weighted by atomic mass is 32.2. The van der Waals surface area contributed by atoms with E-state index in [-0.39, 0.29) is 48.6 Å². The number of hydrogen-bond acceptors (Lipinski definition) is 8. The lowest BCUT2D eigenvalue weighted by Gasteiger charge is -2.42. The number of fused-ring (bicyclic) bond motifs is 2. The number of likely N-dealkylation sites (N-methyl/N-ethyl adjacent to an activating group) is 1. The third kappa shape index (κ3) is 4.66. The summed E-state index contributed by atoms with van der Waals surface area (Å²) in [7, 11) is -1.82. The summed E-state index contributed by atoms with van der Waals surface area (Å²) in [5, 5.41) is 15.9. The minimum absolute atomic E-state index is 0.0495. The fourth-order valence-electron chi connectivity index (χ4n) is 5.01. The smallest absolute Gasteiger partial charge is 0.340 e. The summed E-state index contributed by atoms with van der Waals surface area (Å²) < 4.78 is 35.4. The maximum Gasteiger partial charge on any atom is 0.340 e. The van der Waals surface area contributed by atoms with Crippen LogP contribution in [-0.2, 0) is 14.8 Å². The average Bonchev–Trinajstić information content (AvgIpc) is 3.46. The molecular weight excluding hydrogens is 512 g/mol. The number of carbonyl (C=O) groups is 1. The van der Waals surface area contributed by atoms with Crippen LogP contribution in [0.2, 0.25) is 0 Å². The lowest BCUT2D eigenvalue weighted by Crippen LogP contribution is -2.59. The SMILES string of the molecule is C#Cc1ccc2cc(S(=O)(=O)N3CCN(C(=O)N4CCC5C(=N4)OC(C)N5C)C(CCC#N)C3)sc2c1. The van der Waals surface area contributed by atoms with Gasteiger partial charge in [0.2, 0.25) is 5.90 Å². The predicted molar refractivity (Wildman–Crippen MR) is 140 cm³/mol. The molecule has 0 radical (unpaired) electrons. The molecule has 2 amide bonds. The van der Waals surface area contributed by atoms with Crippen molar-refractivity contribution in [1.29, 1.82) is 5.26 Å². The number of nitriles is 1. The molecule has 2 saturated heterocycles. The Kier molecular flexibility index (Phi) is 6.86. The molecule has 3 unspecified atom stereocenters. The molecule has 0 aliphatic carbocycles. The number of amides is 2. The molecule has 0 saturated carbocycles. The number of rotatable bonds is 4. The van der Waals surface area contributed by atoms with Crippen molar-refractivity contribution in [2.24, 2.45) is 5.10 Å². The Bertz CT molecular complexity index is 1440. The van der Waals surface area contributed by atoms with E-state index in [0.717, 1.165) is 10.1 Å². The van der Waals surface area contributed by atoms with E-state index >= 15 is 0 Å². The molecule has 12 heteroatoms. The van der Waals surface area contributed by atoms with Gasteiger partial charge >= 0.3 is 6.03 Å². The summed E-state index contributed by atoms with van der Waals surface area (Å²) in [4.78, 5) is 17.2. The summed E-state index contributed by atoms with van der Waals surface area (Å²) >= 11 is 1.18. The second kappa shape index (κ2) is 9.95. The van der Waals surface area contributed by atoms with Crippen molar-refractivity contribution in [2.45, 2.75) is 48.7 Å². The van der Waals surface area contributed by atoms with Gasteiger partial charge in [0, 0.05) is 48.9 Å². The van der Waals surface area contributed by atoms with E-state index in [1.165, 1.54) is 20.7 Å². The summed E-state index contributed by atoms with van der Waals surface area (Å²) in [6, 6.07) is 8.52. The van der Waals surface area contributed by atoms with Gasteiger partial charge in [-0.15, -0.1) is 22.9 Å². The molecule has 2 aromatic rings. The lowest BCUT2D eigenvalue weighted by molar-refractivity contribution is 0.0938. The van der Waals surface area contributed by atoms with E-state index < -0.39 is 16.1 Å². The zero-order chi connectivity index (χ0) is 26.3. The second-order valence-corrected chi connectivity index (χ2v) is 12.6. The molecule has 194 valence electrons. The van der Waals surface area contributed by atoms with Gasteiger partial charge < -0.3 is 9.64 Å². The average molecular weight is 541 g/mol. The van der Waals surface area contributed by atoms with Crippen LogP contribution in [0.15, 0.2) is 33.6 Å². The first-order valence-electron chi connectivity index (χ1n) is 12.2. The quantitative estimate of drug-likeness (QED) is 0.552. The van der Waals surface area contributed by atoms with E-state index in [4.69, 9.17) is 11.2 Å². The molecule has 0 spiro atoms. The summed E-state index contributed by atoms with van der Waals surface area (Å²) in [5.74, 6) is 3.10. The van der Waals surface area contributed by atoms with Gasteiger partial charge in [0.25, 0.3) is 10.0 Å². The summed E-state index contributed by atoms with van der Waals surface area (Å²) in [6.45, 7) is 2.86. The highest BCUT2D eigenvalue weighted by molar-refractivity contribution is 7.91. The van der Waals surface area contributed by atoms with Gasteiger partial charge in [0.05, 0.1) is 12.1 Å². The second-order valence-electron chi connectivity index (χ2n) is 9.40. The minimum atomic E-state index is -3.79. The molecule has 2 fully saturated rings. The lowest BCUT2D eigenvalue weighted by atomic mass is 10.1. The van der Waals surface area contributed by atoms with Gasteiger partial charge in [-0.1, -0.05) is 12.0 Å². The van der Waals surface area contributed by atoms with Crippen LogP contribution in [0.4, 0.5) is 4.79 Å². The summed E-state index contributed by atoms with van der Waals surface area (Å²) in [5.41, 5.74) is 0.693. The van der Waals surface area contributed by atoms with E-state index in [0.29, 0.717) is 30.8 Å². The van der Waals surface area contributed by atoms with Crippen LogP contribution in [0.5, 0.6) is 0 Å². The van der Waals surface area contributed by atoms with Gasteiger partial charge in [0.15, 0.2) is 6.23 Å². The Morgan fingerprint density at radius 2 is 2.11 bits per heavy atom. The Balaban J connectivity index is 1.35. The van der Waals surface area contributed by atoms with Crippen molar-refractivity contribution in [3.63, 3.8) is 0 Å². The highest BCUT2D eigenvalue weighted by Gasteiger charge is 2.42. The number of hydrogen-bond donors (Lipinski definition) is 0. The van der Waals surface area contributed by atoms with Crippen molar-refractivity contribution in [3.05, 3.63) is 29.8 Å². The van der Waals surface area contributed by atoms with Crippen LogP contribution in [0, 0.1) is 23.7 Å². The fraction of sp³-hybridized carbons (Fsp3) is 0.480. The van der Waals surface area contributed by atoms with Crippen molar-refractivity contribution < 1.29 is 17.9 Å². The molecule has 10 nitrogen and oxygen atoms in total. The van der Waals surface area contributed by atoms with Crippen LogP contribution < -0.4 is 0 Å². The fourth-order valence-corrected chi connectivity index (χ4v) is 8.07. The maximum absolute atomic E-state index is 13.6. The van der Waals surface area contributed by atoms with Crippen molar-refractivity contribution in [1.82, 2.24) is 19.1 Å². The van der Waals surface area contributed by atoms with Gasteiger partial charge in [-0.25, -0.2) is 18.2 Å². The molecule has 0 bridgehead atoms. The first kappa shape index (κ1) is 25.5. The third-order valence-electron chi connectivity index (χ3n) is 7.23. The third-order valence-corrected chi connectivity index (χ3v) is 10.6. The molecule has 4 heterocycles. The molecule has 1 aromatic heterocycles. The number of ether oxygens (including phenoxy) is 1. The number of thiophene rings is 1. The van der Waals surface area contributed by atoms with Crippen molar-refractivity contribution in [2.75, 3.05) is 33.2 Å². The molecule has 0 N–H and O–H groups in total. The Hall–Kier alpha value is -3.16. The number of nitrogens with zero attached hydrogens (tertiary/aromatic N) is 6. The number of urea groups is 1. The summed E-state index contributed by atoms with van der Waals surface area (Å²) in [6.07, 6.45) is 6.66. The molecule has 5 rings (SSSR count). The van der Waals surface area contributed by atoms with Gasteiger partial charge in [0.1, 0.15) is 4.21 Å².